The number of nitrogens with zero attached hydrogens (tertiary/aromatic N) is 5. The molecule has 0 radical (unpaired) electrons. The zero-order valence-electron chi connectivity index (χ0n) is 17.6. The lowest BCUT2D eigenvalue weighted by atomic mass is 10.2. The maximum atomic E-state index is 12.8. The van der Waals surface area contributed by atoms with Gasteiger partial charge in [-0.2, -0.15) is 17.5 Å². The summed E-state index contributed by atoms with van der Waals surface area (Å²) in [6.07, 6.45) is -4.52. The molecule has 1 aliphatic rings. The molecule has 0 bridgehead atoms. The van der Waals surface area contributed by atoms with Crippen molar-refractivity contribution in [3.63, 3.8) is 0 Å². The summed E-state index contributed by atoms with van der Waals surface area (Å²) < 4.78 is 65.1. The number of alkyl halides is 3. The van der Waals surface area contributed by atoms with E-state index in [1.807, 2.05) is 30.0 Å². The Kier molecular flexibility index (Phi) is 6.21. The SMILES string of the molecule is Cc1cccc(Nc2ccc(N3CCN(S(=O)(=O)c4ccc(C(F)(F)F)cc4)CC3)nn2)n1. The summed E-state index contributed by atoms with van der Waals surface area (Å²) >= 11 is 0. The third kappa shape index (κ3) is 5.22. The summed E-state index contributed by atoms with van der Waals surface area (Å²) in [7, 11) is -3.89. The van der Waals surface area contributed by atoms with Crippen molar-refractivity contribution in [3.8, 4) is 0 Å². The predicted molar refractivity (Wildman–Crippen MR) is 117 cm³/mol. The van der Waals surface area contributed by atoms with E-state index >= 15 is 0 Å². The Morgan fingerprint density at radius 1 is 0.879 bits per heavy atom. The lowest BCUT2D eigenvalue weighted by molar-refractivity contribution is -0.137. The molecule has 1 aliphatic heterocycles. The Morgan fingerprint density at radius 3 is 2.15 bits per heavy atom. The van der Waals surface area contributed by atoms with Crippen LogP contribution in [0.15, 0.2) is 59.5 Å². The Labute approximate surface area is 189 Å². The van der Waals surface area contributed by atoms with Crippen LogP contribution in [0.3, 0.4) is 0 Å². The molecular formula is C21H21F3N6O2S. The average molecular weight is 479 g/mol. The quantitative estimate of drug-likeness (QED) is 0.601. The van der Waals surface area contributed by atoms with Gasteiger partial charge in [0.1, 0.15) is 5.82 Å². The first-order valence-electron chi connectivity index (χ1n) is 10.1. The molecule has 1 saturated heterocycles. The zero-order chi connectivity index (χ0) is 23.6. The summed E-state index contributed by atoms with van der Waals surface area (Å²) in [5.74, 6) is 1.78. The summed E-state index contributed by atoms with van der Waals surface area (Å²) in [5, 5.41) is 11.4. The standard InChI is InChI=1S/C21H21F3N6O2S/c1-15-3-2-4-18(25-15)26-19-9-10-20(28-27-19)29-11-13-30(14-12-29)33(31,32)17-7-5-16(6-8-17)21(22,23)24/h2-10H,11-14H2,1H3,(H,25,26,27). The molecule has 0 atom stereocenters. The van der Waals surface area contributed by atoms with E-state index in [2.05, 4.69) is 20.5 Å². The van der Waals surface area contributed by atoms with Gasteiger partial charge in [-0.05, 0) is 55.5 Å². The smallest absolute Gasteiger partial charge is 0.352 e. The molecule has 0 aliphatic carbocycles. The van der Waals surface area contributed by atoms with Gasteiger partial charge in [-0.25, -0.2) is 13.4 Å². The molecule has 8 nitrogen and oxygen atoms in total. The van der Waals surface area contributed by atoms with E-state index < -0.39 is 21.8 Å². The Morgan fingerprint density at radius 2 is 1.58 bits per heavy atom. The highest BCUT2D eigenvalue weighted by Gasteiger charge is 2.32. The fourth-order valence-corrected chi connectivity index (χ4v) is 4.85. The van der Waals surface area contributed by atoms with E-state index in [0.717, 1.165) is 30.0 Å². The van der Waals surface area contributed by atoms with Crippen LogP contribution in [-0.4, -0.2) is 54.1 Å². The molecule has 1 aromatic carbocycles. The third-order valence-corrected chi connectivity index (χ3v) is 7.09. The van der Waals surface area contributed by atoms with Crippen LogP contribution < -0.4 is 10.2 Å². The number of sulfonamides is 1. The van der Waals surface area contributed by atoms with Gasteiger partial charge < -0.3 is 10.2 Å². The minimum atomic E-state index is -4.52. The van der Waals surface area contributed by atoms with Crippen molar-refractivity contribution in [2.24, 2.45) is 0 Å². The van der Waals surface area contributed by atoms with Crippen LogP contribution in [0.25, 0.3) is 0 Å². The van der Waals surface area contributed by atoms with Gasteiger partial charge in [0.2, 0.25) is 10.0 Å². The van der Waals surface area contributed by atoms with Crippen LogP contribution in [0.5, 0.6) is 0 Å². The van der Waals surface area contributed by atoms with E-state index in [4.69, 9.17) is 0 Å². The van der Waals surface area contributed by atoms with E-state index in [1.54, 1.807) is 12.1 Å². The van der Waals surface area contributed by atoms with Crippen LogP contribution in [0.1, 0.15) is 11.3 Å². The van der Waals surface area contributed by atoms with Crippen LogP contribution in [0.2, 0.25) is 0 Å². The van der Waals surface area contributed by atoms with Crippen LogP contribution >= 0.6 is 0 Å². The first kappa shape index (κ1) is 22.9. The molecule has 174 valence electrons. The molecule has 2 aromatic heterocycles. The number of hydrogen-bond acceptors (Lipinski definition) is 7. The van der Waals surface area contributed by atoms with E-state index in [0.29, 0.717) is 30.5 Å². The molecule has 3 aromatic rings. The van der Waals surface area contributed by atoms with Crippen molar-refractivity contribution in [2.75, 3.05) is 36.4 Å². The van der Waals surface area contributed by atoms with Crippen LogP contribution in [-0.2, 0) is 16.2 Å². The van der Waals surface area contributed by atoms with Gasteiger partial charge in [0.15, 0.2) is 11.6 Å². The lowest BCUT2D eigenvalue weighted by Gasteiger charge is -2.34. The number of piperazine rings is 1. The normalized spacial score (nSPS) is 15.5. The molecule has 4 rings (SSSR count). The van der Waals surface area contributed by atoms with Crippen LogP contribution in [0, 0.1) is 6.92 Å². The van der Waals surface area contributed by atoms with Gasteiger partial charge in [-0.1, -0.05) is 6.07 Å². The van der Waals surface area contributed by atoms with Crippen LogP contribution in [0.4, 0.5) is 30.6 Å². The molecule has 12 heteroatoms. The predicted octanol–water partition coefficient (Wildman–Crippen LogP) is 3.45. The fraction of sp³-hybridized carbons (Fsp3) is 0.286. The number of pyridine rings is 1. The zero-order valence-corrected chi connectivity index (χ0v) is 18.4. The number of nitrogens with one attached hydrogen (secondary N) is 1. The molecule has 1 fully saturated rings. The Hall–Kier alpha value is -3.25. The molecule has 0 saturated carbocycles. The van der Waals surface area contributed by atoms with Crippen molar-refractivity contribution >= 4 is 27.5 Å². The first-order valence-corrected chi connectivity index (χ1v) is 11.5. The number of anilines is 3. The van der Waals surface area contributed by atoms with Crippen molar-refractivity contribution in [2.45, 2.75) is 18.0 Å². The molecule has 0 amide bonds. The molecule has 0 spiro atoms. The van der Waals surface area contributed by atoms with Gasteiger partial charge in [-0.15, -0.1) is 10.2 Å². The number of aromatic nitrogens is 3. The summed E-state index contributed by atoms with van der Waals surface area (Å²) in [6.45, 7) is 3.00. The third-order valence-electron chi connectivity index (χ3n) is 5.18. The molecule has 3 heterocycles. The largest absolute Gasteiger partial charge is 0.416 e. The van der Waals surface area contributed by atoms with Gasteiger partial charge in [-0.3, -0.25) is 0 Å². The lowest BCUT2D eigenvalue weighted by Crippen LogP contribution is -2.49. The van der Waals surface area contributed by atoms with Gasteiger partial charge in [0.05, 0.1) is 10.5 Å². The van der Waals surface area contributed by atoms with Gasteiger partial charge >= 0.3 is 6.18 Å². The summed E-state index contributed by atoms with van der Waals surface area (Å²) in [6, 6.07) is 12.7. The number of hydrogen-bond donors (Lipinski definition) is 1. The fourth-order valence-electron chi connectivity index (χ4n) is 3.43. The molecule has 33 heavy (non-hydrogen) atoms. The summed E-state index contributed by atoms with van der Waals surface area (Å²) in [5.41, 5.74) is -0.0188. The second kappa shape index (κ2) is 8.94. The highest BCUT2D eigenvalue weighted by atomic mass is 32.2. The van der Waals surface area contributed by atoms with E-state index in [9.17, 15) is 21.6 Å². The minimum Gasteiger partial charge on any atom is -0.352 e. The van der Waals surface area contributed by atoms with Crippen molar-refractivity contribution in [3.05, 3.63) is 65.9 Å². The molecule has 1 N–H and O–H groups in total. The summed E-state index contributed by atoms with van der Waals surface area (Å²) in [4.78, 5) is 6.09. The van der Waals surface area contributed by atoms with Crippen molar-refractivity contribution in [1.82, 2.24) is 19.5 Å². The second-order valence-corrected chi connectivity index (χ2v) is 9.42. The number of rotatable bonds is 5. The maximum absolute atomic E-state index is 12.8. The van der Waals surface area contributed by atoms with Crippen molar-refractivity contribution < 1.29 is 21.6 Å². The highest BCUT2D eigenvalue weighted by Crippen LogP contribution is 2.30. The maximum Gasteiger partial charge on any atom is 0.416 e. The number of benzene rings is 1. The topological polar surface area (TPSA) is 91.3 Å². The molecular weight excluding hydrogens is 457 g/mol. The first-order chi connectivity index (χ1) is 15.6. The van der Waals surface area contributed by atoms with E-state index in [1.165, 1.54) is 4.31 Å². The minimum absolute atomic E-state index is 0.163. The number of aryl methyl sites for hydroxylation is 1. The van der Waals surface area contributed by atoms with E-state index in [-0.39, 0.29) is 18.0 Å². The second-order valence-electron chi connectivity index (χ2n) is 7.48. The molecule has 0 unspecified atom stereocenters. The van der Waals surface area contributed by atoms with Gasteiger partial charge in [0, 0.05) is 31.9 Å². The highest BCUT2D eigenvalue weighted by molar-refractivity contribution is 7.89. The van der Waals surface area contributed by atoms with Gasteiger partial charge in [0.25, 0.3) is 0 Å². The van der Waals surface area contributed by atoms with Crippen molar-refractivity contribution in [1.29, 1.82) is 0 Å². The monoisotopic (exact) mass is 478 g/mol. The number of halogens is 3. The Bertz CT molecular complexity index is 1210. The average Bonchev–Trinajstić information content (AvgIpc) is 2.79. The Balaban J connectivity index is 1.38.